The van der Waals surface area contributed by atoms with E-state index in [0.29, 0.717) is 11.1 Å². The molecule has 0 amide bonds. The highest BCUT2D eigenvalue weighted by Crippen LogP contribution is 2.25. The van der Waals surface area contributed by atoms with Gasteiger partial charge in [0.15, 0.2) is 0 Å². The second-order valence-electron chi connectivity index (χ2n) is 3.97. The van der Waals surface area contributed by atoms with E-state index in [1.165, 1.54) is 0 Å². The van der Waals surface area contributed by atoms with Gasteiger partial charge in [-0.1, -0.05) is 18.2 Å². The fourth-order valence-corrected chi connectivity index (χ4v) is 2.55. The van der Waals surface area contributed by atoms with Crippen molar-refractivity contribution < 1.29 is 4.42 Å². The Kier molecular flexibility index (Phi) is 2.34. The van der Waals surface area contributed by atoms with Gasteiger partial charge in [0.1, 0.15) is 5.58 Å². The molecule has 2 heterocycles. The number of thiophene rings is 1. The van der Waals surface area contributed by atoms with Crippen LogP contribution in [0.3, 0.4) is 0 Å². The third-order valence-corrected chi connectivity index (χ3v) is 3.58. The summed E-state index contributed by atoms with van der Waals surface area (Å²) in [5.41, 5.74) is 2.10. The molecule has 0 saturated heterocycles. The van der Waals surface area contributed by atoms with Crippen LogP contribution < -0.4 is 5.63 Å². The molecule has 84 valence electrons. The topological polar surface area (TPSA) is 30.2 Å². The van der Waals surface area contributed by atoms with E-state index in [-0.39, 0.29) is 5.63 Å². The summed E-state index contributed by atoms with van der Waals surface area (Å²) in [5.74, 6) is 0. The van der Waals surface area contributed by atoms with Gasteiger partial charge in [0, 0.05) is 10.3 Å². The molecule has 2 nitrogen and oxygen atoms in total. The summed E-state index contributed by atoms with van der Waals surface area (Å²) in [4.78, 5) is 12.8. The molecule has 3 aromatic rings. The van der Waals surface area contributed by atoms with Crippen molar-refractivity contribution in [2.75, 3.05) is 0 Å². The Hall–Kier alpha value is -1.87. The summed E-state index contributed by atoms with van der Waals surface area (Å²) >= 11 is 1.54. The van der Waals surface area contributed by atoms with Gasteiger partial charge in [-0.2, -0.15) is 0 Å². The molecule has 3 rings (SSSR count). The molecule has 17 heavy (non-hydrogen) atoms. The summed E-state index contributed by atoms with van der Waals surface area (Å²) < 4.78 is 5.35. The Bertz CT molecular complexity index is 724. The van der Waals surface area contributed by atoms with Crippen molar-refractivity contribution >= 4 is 22.3 Å². The van der Waals surface area contributed by atoms with E-state index in [9.17, 15) is 4.79 Å². The summed E-state index contributed by atoms with van der Waals surface area (Å²) in [6.07, 6.45) is 0. The maximum Gasteiger partial charge on any atom is 0.345 e. The van der Waals surface area contributed by atoms with Crippen LogP contribution in [0.4, 0.5) is 0 Å². The Morgan fingerprint density at radius 2 is 2.06 bits per heavy atom. The largest absolute Gasteiger partial charge is 0.422 e. The minimum absolute atomic E-state index is 0.273. The summed E-state index contributed by atoms with van der Waals surface area (Å²) in [5, 5.41) is 2.91. The normalized spacial score (nSPS) is 10.9. The zero-order chi connectivity index (χ0) is 11.8. The minimum Gasteiger partial charge on any atom is -0.422 e. The summed E-state index contributed by atoms with van der Waals surface area (Å²) in [6.45, 7) is 1.98. The summed E-state index contributed by atoms with van der Waals surface area (Å²) in [6, 6.07) is 11.6. The maximum atomic E-state index is 11.9. The first kappa shape index (κ1) is 10.3. The predicted molar refractivity (Wildman–Crippen MR) is 70.5 cm³/mol. The molecule has 0 unspecified atom stereocenters. The molecule has 0 bridgehead atoms. The van der Waals surface area contributed by atoms with Gasteiger partial charge >= 0.3 is 5.63 Å². The molecule has 0 spiro atoms. The Morgan fingerprint density at radius 1 is 1.18 bits per heavy atom. The monoisotopic (exact) mass is 242 g/mol. The van der Waals surface area contributed by atoms with Crippen LogP contribution >= 0.6 is 11.3 Å². The Morgan fingerprint density at radius 3 is 2.82 bits per heavy atom. The van der Waals surface area contributed by atoms with Crippen molar-refractivity contribution in [3.8, 4) is 10.4 Å². The molecule has 1 aromatic carbocycles. The highest BCUT2D eigenvalue weighted by molar-refractivity contribution is 7.13. The van der Waals surface area contributed by atoms with Gasteiger partial charge in [-0.05, 0) is 36.1 Å². The lowest BCUT2D eigenvalue weighted by atomic mass is 10.1. The Labute approximate surface area is 102 Å². The lowest BCUT2D eigenvalue weighted by molar-refractivity contribution is 0.563. The van der Waals surface area contributed by atoms with Gasteiger partial charge in [0.2, 0.25) is 0 Å². The second-order valence-corrected chi connectivity index (χ2v) is 4.91. The van der Waals surface area contributed by atoms with Crippen LogP contribution in [-0.4, -0.2) is 0 Å². The number of benzene rings is 1. The van der Waals surface area contributed by atoms with E-state index < -0.39 is 0 Å². The van der Waals surface area contributed by atoms with Crippen LogP contribution in [0.5, 0.6) is 0 Å². The molecule has 0 radical (unpaired) electrons. The van der Waals surface area contributed by atoms with Gasteiger partial charge in [0.05, 0.1) is 5.56 Å². The standard InChI is InChI=1S/C14H10O2S/c1-9-4-5-10-8-11(13-3-2-6-17-13)14(15)16-12(10)7-9/h2-8H,1H3. The molecule has 0 N–H and O–H groups in total. The van der Waals surface area contributed by atoms with Crippen LogP contribution in [0.2, 0.25) is 0 Å². The first-order valence-electron chi connectivity index (χ1n) is 5.32. The fraction of sp³-hybridized carbons (Fsp3) is 0.0714. The van der Waals surface area contributed by atoms with Crippen LogP contribution in [0.25, 0.3) is 21.4 Å². The van der Waals surface area contributed by atoms with Gasteiger partial charge in [0.25, 0.3) is 0 Å². The molecule has 0 aliphatic carbocycles. The number of hydrogen-bond acceptors (Lipinski definition) is 3. The highest BCUT2D eigenvalue weighted by Gasteiger charge is 2.08. The zero-order valence-corrected chi connectivity index (χ0v) is 10.1. The van der Waals surface area contributed by atoms with Crippen molar-refractivity contribution in [1.82, 2.24) is 0 Å². The van der Waals surface area contributed by atoms with Crippen LogP contribution in [-0.2, 0) is 0 Å². The third kappa shape index (κ3) is 1.78. The number of aryl methyl sites for hydroxylation is 1. The zero-order valence-electron chi connectivity index (χ0n) is 9.27. The van der Waals surface area contributed by atoms with Gasteiger partial charge < -0.3 is 4.42 Å². The average Bonchev–Trinajstić information content (AvgIpc) is 2.81. The molecule has 0 aliphatic rings. The van der Waals surface area contributed by atoms with Crippen molar-refractivity contribution in [2.45, 2.75) is 6.92 Å². The van der Waals surface area contributed by atoms with Gasteiger partial charge in [-0.25, -0.2) is 4.79 Å². The first-order chi connectivity index (χ1) is 8.24. The van der Waals surface area contributed by atoms with E-state index >= 15 is 0 Å². The predicted octanol–water partition coefficient (Wildman–Crippen LogP) is 3.83. The van der Waals surface area contributed by atoms with Crippen LogP contribution in [0.15, 0.2) is 51.0 Å². The molecule has 0 aliphatic heterocycles. The first-order valence-corrected chi connectivity index (χ1v) is 6.20. The Balaban J connectivity index is 2.32. The fourth-order valence-electron chi connectivity index (χ4n) is 1.82. The summed E-state index contributed by atoms with van der Waals surface area (Å²) in [7, 11) is 0. The minimum atomic E-state index is -0.273. The van der Waals surface area contributed by atoms with Crippen molar-refractivity contribution in [2.24, 2.45) is 0 Å². The van der Waals surface area contributed by atoms with Gasteiger partial charge in [-0.15, -0.1) is 11.3 Å². The number of hydrogen-bond donors (Lipinski definition) is 0. The molecular formula is C14H10O2S. The third-order valence-electron chi connectivity index (χ3n) is 2.68. The molecular weight excluding hydrogens is 232 g/mol. The van der Waals surface area contributed by atoms with E-state index in [1.807, 2.05) is 48.7 Å². The lowest BCUT2D eigenvalue weighted by Crippen LogP contribution is -2.01. The second kappa shape index (κ2) is 3.86. The van der Waals surface area contributed by atoms with E-state index in [2.05, 4.69) is 0 Å². The van der Waals surface area contributed by atoms with E-state index in [4.69, 9.17) is 4.42 Å². The van der Waals surface area contributed by atoms with Crippen molar-refractivity contribution in [3.63, 3.8) is 0 Å². The average molecular weight is 242 g/mol. The van der Waals surface area contributed by atoms with Crippen molar-refractivity contribution in [1.29, 1.82) is 0 Å². The number of rotatable bonds is 1. The number of fused-ring (bicyclic) bond motifs is 1. The SMILES string of the molecule is Cc1ccc2cc(-c3cccs3)c(=O)oc2c1. The van der Waals surface area contributed by atoms with E-state index in [0.717, 1.165) is 15.8 Å². The van der Waals surface area contributed by atoms with E-state index in [1.54, 1.807) is 11.3 Å². The van der Waals surface area contributed by atoms with Gasteiger partial charge in [-0.3, -0.25) is 0 Å². The lowest BCUT2D eigenvalue weighted by Gasteiger charge is -2.00. The van der Waals surface area contributed by atoms with Crippen LogP contribution in [0, 0.1) is 6.92 Å². The molecule has 2 aromatic heterocycles. The maximum absolute atomic E-state index is 11.9. The molecule has 3 heteroatoms. The quantitative estimate of drug-likeness (QED) is 0.607. The molecule has 0 fully saturated rings. The highest BCUT2D eigenvalue weighted by atomic mass is 32.1. The molecule has 0 saturated carbocycles. The smallest absolute Gasteiger partial charge is 0.345 e. The molecule has 0 atom stereocenters. The van der Waals surface area contributed by atoms with Crippen LogP contribution in [0.1, 0.15) is 5.56 Å². The van der Waals surface area contributed by atoms with Crippen molar-refractivity contribution in [3.05, 3.63) is 57.8 Å².